The van der Waals surface area contributed by atoms with Crippen molar-refractivity contribution in [1.29, 1.82) is 0 Å². The van der Waals surface area contributed by atoms with Gasteiger partial charge in [-0.2, -0.15) is 0 Å². The standard InChI is InChI=1S/C15H17BrN2O3/c1-4-15(5-2)12(19)17-14(21)18(13(15)20)11-7-9(3)6-10(16)8-11/h6-8H,4-5H2,1-3H3,(H,17,19,21). The van der Waals surface area contributed by atoms with Gasteiger partial charge in [0, 0.05) is 4.47 Å². The lowest BCUT2D eigenvalue weighted by Gasteiger charge is -2.38. The van der Waals surface area contributed by atoms with Crippen molar-refractivity contribution in [1.82, 2.24) is 5.32 Å². The molecule has 1 fully saturated rings. The van der Waals surface area contributed by atoms with E-state index in [0.29, 0.717) is 18.5 Å². The SMILES string of the molecule is CCC1(CC)C(=O)NC(=O)N(c2cc(C)cc(Br)c2)C1=O. The van der Waals surface area contributed by atoms with Crippen LogP contribution < -0.4 is 10.2 Å². The molecule has 5 nitrogen and oxygen atoms in total. The Balaban J connectivity index is 2.54. The Morgan fingerprint density at radius 1 is 1.14 bits per heavy atom. The van der Waals surface area contributed by atoms with Crippen LogP contribution >= 0.6 is 15.9 Å². The maximum atomic E-state index is 12.8. The highest BCUT2D eigenvalue weighted by atomic mass is 79.9. The smallest absolute Gasteiger partial charge is 0.276 e. The number of amides is 4. The van der Waals surface area contributed by atoms with Gasteiger partial charge in [0.05, 0.1) is 5.69 Å². The molecule has 0 unspecified atom stereocenters. The van der Waals surface area contributed by atoms with E-state index in [-0.39, 0.29) is 0 Å². The fourth-order valence-corrected chi connectivity index (χ4v) is 3.23. The van der Waals surface area contributed by atoms with Crippen LogP contribution in [0.25, 0.3) is 0 Å². The van der Waals surface area contributed by atoms with Gasteiger partial charge < -0.3 is 0 Å². The van der Waals surface area contributed by atoms with Crippen LogP contribution in [-0.4, -0.2) is 17.8 Å². The summed E-state index contributed by atoms with van der Waals surface area (Å²) in [5.41, 5.74) is 0.197. The van der Waals surface area contributed by atoms with Gasteiger partial charge in [0.2, 0.25) is 5.91 Å². The maximum Gasteiger partial charge on any atom is 0.335 e. The lowest BCUT2D eigenvalue weighted by Crippen LogP contribution is -2.64. The number of rotatable bonds is 3. The van der Waals surface area contributed by atoms with Crippen LogP contribution in [0.15, 0.2) is 22.7 Å². The van der Waals surface area contributed by atoms with Gasteiger partial charge in [0.1, 0.15) is 5.41 Å². The summed E-state index contributed by atoms with van der Waals surface area (Å²) in [6, 6.07) is 4.62. The van der Waals surface area contributed by atoms with E-state index in [1.807, 2.05) is 13.0 Å². The van der Waals surface area contributed by atoms with Crippen molar-refractivity contribution in [2.45, 2.75) is 33.6 Å². The summed E-state index contributed by atoms with van der Waals surface area (Å²) in [4.78, 5) is 38.1. The molecule has 1 saturated heterocycles. The highest BCUT2D eigenvalue weighted by Crippen LogP contribution is 2.35. The van der Waals surface area contributed by atoms with Crippen molar-refractivity contribution >= 4 is 39.5 Å². The van der Waals surface area contributed by atoms with Crippen molar-refractivity contribution < 1.29 is 14.4 Å². The molecule has 0 radical (unpaired) electrons. The van der Waals surface area contributed by atoms with Crippen LogP contribution in [0, 0.1) is 12.3 Å². The zero-order valence-electron chi connectivity index (χ0n) is 12.2. The topological polar surface area (TPSA) is 66.5 Å². The molecule has 6 heteroatoms. The van der Waals surface area contributed by atoms with Gasteiger partial charge in [-0.1, -0.05) is 29.8 Å². The normalized spacial score (nSPS) is 17.9. The molecule has 1 heterocycles. The van der Waals surface area contributed by atoms with Gasteiger partial charge in [-0.05, 0) is 43.5 Å². The minimum absolute atomic E-state index is 0.352. The molecule has 0 bridgehead atoms. The lowest BCUT2D eigenvalue weighted by atomic mass is 9.78. The number of hydrogen-bond donors (Lipinski definition) is 1. The number of carbonyl (C=O) groups excluding carboxylic acids is 3. The van der Waals surface area contributed by atoms with E-state index in [1.165, 1.54) is 0 Å². The fraction of sp³-hybridized carbons (Fsp3) is 0.400. The highest BCUT2D eigenvalue weighted by molar-refractivity contribution is 9.10. The molecule has 0 spiro atoms. The fourth-order valence-electron chi connectivity index (χ4n) is 2.63. The van der Waals surface area contributed by atoms with Gasteiger partial charge in [0.15, 0.2) is 0 Å². The molecule has 0 saturated carbocycles. The number of halogens is 1. The molecule has 1 aromatic carbocycles. The second-order valence-corrected chi connectivity index (χ2v) is 6.09. The number of nitrogens with one attached hydrogen (secondary N) is 1. The van der Waals surface area contributed by atoms with Gasteiger partial charge in [-0.15, -0.1) is 0 Å². The molecule has 112 valence electrons. The number of benzene rings is 1. The van der Waals surface area contributed by atoms with Crippen LogP contribution in [0.4, 0.5) is 10.5 Å². The monoisotopic (exact) mass is 352 g/mol. The summed E-state index contributed by atoms with van der Waals surface area (Å²) in [5.74, 6) is -0.968. The quantitative estimate of drug-likeness (QED) is 0.849. The van der Waals surface area contributed by atoms with Crippen molar-refractivity contribution in [3.8, 4) is 0 Å². The third kappa shape index (κ3) is 2.48. The Morgan fingerprint density at radius 2 is 1.76 bits per heavy atom. The summed E-state index contributed by atoms with van der Waals surface area (Å²) in [6.45, 7) is 5.43. The number of aryl methyl sites for hydroxylation is 1. The lowest BCUT2D eigenvalue weighted by molar-refractivity contribution is -0.143. The number of nitrogens with zero attached hydrogens (tertiary/aromatic N) is 1. The predicted octanol–water partition coefficient (Wildman–Crippen LogP) is 3.15. The average Bonchev–Trinajstić information content (AvgIpc) is 2.38. The average molecular weight is 353 g/mol. The number of urea groups is 1. The van der Waals surface area contributed by atoms with Crippen LogP contribution in [-0.2, 0) is 9.59 Å². The van der Waals surface area contributed by atoms with Crippen LogP contribution in [0.1, 0.15) is 32.3 Å². The molecule has 0 aromatic heterocycles. The Labute approximate surface area is 131 Å². The summed E-state index contributed by atoms with van der Waals surface area (Å²) in [7, 11) is 0. The number of barbiturate groups is 1. The number of anilines is 1. The van der Waals surface area contributed by atoms with E-state index in [2.05, 4.69) is 21.2 Å². The third-order valence-electron chi connectivity index (χ3n) is 3.96. The van der Waals surface area contributed by atoms with Crippen molar-refractivity contribution in [3.05, 3.63) is 28.2 Å². The molecule has 1 N–H and O–H groups in total. The molecule has 4 amide bonds. The maximum absolute atomic E-state index is 12.8. The van der Waals surface area contributed by atoms with E-state index >= 15 is 0 Å². The minimum atomic E-state index is -1.18. The zero-order chi connectivity index (χ0) is 15.8. The summed E-state index contributed by atoms with van der Waals surface area (Å²) in [6.07, 6.45) is 0.704. The molecule has 2 rings (SSSR count). The number of hydrogen-bond acceptors (Lipinski definition) is 3. The number of carbonyl (C=O) groups is 3. The van der Waals surface area contributed by atoms with Crippen molar-refractivity contribution in [2.24, 2.45) is 5.41 Å². The first-order chi connectivity index (χ1) is 9.85. The molecular formula is C15H17BrN2O3. The molecule has 1 aromatic rings. The second-order valence-electron chi connectivity index (χ2n) is 5.18. The van der Waals surface area contributed by atoms with Gasteiger partial charge >= 0.3 is 6.03 Å². The zero-order valence-corrected chi connectivity index (χ0v) is 13.8. The first-order valence-electron chi connectivity index (χ1n) is 6.83. The Bertz CT molecular complexity index is 603. The van der Waals surface area contributed by atoms with Crippen molar-refractivity contribution in [3.63, 3.8) is 0 Å². The molecule has 0 atom stereocenters. The van der Waals surface area contributed by atoms with Crippen LogP contribution in [0.3, 0.4) is 0 Å². The van der Waals surface area contributed by atoms with Gasteiger partial charge in [0.25, 0.3) is 5.91 Å². The first kappa shape index (κ1) is 15.7. The van der Waals surface area contributed by atoms with Gasteiger partial charge in [-0.25, -0.2) is 9.69 Å². The predicted molar refractivity (Wildman–Crippen MR) is 82.9 cm³/mol. The second kappa shape index (κ2) is 5.60. The first-order valence-corrected chi connectivity index (χ1v) is 7.62. The molecule has 1 aliphatic heterocycles. The summed E-state index contributed by atoms with van der Waals surface area (Å²) < 4.78 is 0.772. The van der Waals surface area contributed by atoms with E-state index in [0.717, 1.165) is 14.9 Å². The molecular weight excluding hydrogens is 336 g/mol. The Hall–Kier alpha value is -1.69. The highest BCUT2D eigenvalue weighted by Gasteiger charge is 2.51. The van der Waals surface area contributed by atoms with E-state index in [9.17, 15) is 14.4 Å². The third-order valence-corrected chi connectivity index (χ3v) is 4.42. The van der Waals surface area contributed by atoms with E-state index < -0.39 is 23.3 Å². The van der Waals surface area contributed by atoms with Crippen LogP contribution in [0.2, 0.25) is 0 Å². The van der Waals surface area contributed by atoms with Crippen LogP contribution in [0.5, 0.6) is 0 Å². The minimum Gasteiger partial charge on any atom is -0.276 e. The molecule has 0 aliphatic carbocycles. The Morgan fingerprint density at radius 3 is 2.29 bits per heavy atom. The summed E-state index contributed by atoms with van der Waals surface area (Å²) in [5, 5.41) is 2.30. The van der Waals surface area contributed by atoms with Gasteiger partial charge in [-0.3, -0.25) is 14.9 Å². The molecule has 1 aliphatic rings. The van der Waals surface area contributed by atoms with E-state index in [1.54, 1.807) is 26.0 Å². The summed E-state index contributed by atoms with van der Waals surface area (Å²) >= 11 is 3.36. The number of imide groups is 2. The van der Waals surface area contributed by atoms with Crippen molar-refractivity contribution in [2.75, 3.05) is 4.90 Å². The molecule has 21 heavy (non-hydrogen) atoms. The van der Waals surface area contributed by atoms with E-state index in [4.69, 9.17) is 0 Å². The largest absolute Gasteiger partial charge is 0.335 e. The Kier molecular flexibility index (Phi) is 4.18.